The molecule has 32 heavy (non-hydrogen) atoms. The lowest BCUT2D eigenvalue weighted by Crippen LogP contribution is -2.51. The van der Waals surface area contributed by atoms with Crippen LogP contribution in [-0.2, 0) is 26.2 Å². The molecule has 0 radical (unpaired) electrons. The van der Waals surface area contributed by atoms with Crippen LogP contribution in [0.1, 0.15) is 60.3 Å². The molecule has 176 valence electrons. The molecule has 3 N–H and O–H groups in total. The summed E-state index contributed by atoms with van der Waals surface area (Å²) in [5.41, 5.74) is 4.15. The number of benzene rings is 1. The molecule has 1 aromatic carbocycles. The Morgan fingerprint density at radius 2 is 1.66 bits per heavy atom. The number of sulfone groups is 1. The Balaban J connectivity index is 0.000000258. The van der Waals surface area contributed by atoms with Crippen LogP contribution in [0.4, 0.5) is 13.2 Å². The van der Waals surface area contributed by atoms with Crippen molar-refractivity contribution in [3.05, 3.63) is 45.9 Å². The summed E-state index contributed by atoms with van der Waals surface area (Å²) in [6.07, 6.45) is -2.43. The van der Waals surface area contributed by atoms with Gasteiger partial charge in [-0.25, -0.2) is 13.4 Å². The quantitative estimate of drug-likeness (QED) is 0.663. The predicted molar refractivity (Wildman–Crippen MR) is 112 cm³/mol. The van der Waals surface area contributed by atoms with E-state index in [0.29, 0.717) is 23.6 Å². The number of carboxylic acids is 1. The minimum Gasteiger partial charge on any atom is -0.480 e. The van der Waals surface area contributed by atoms with E-state index >= 15 is 0 Å². The Hall–Kier alpha value is -2.47. The maximum Gasteiger partial charge on any atom is 0.416 e. The summed E-state index contributed by atoms with van der Waals surface area (Å²) in [7, 11) is -4.19. The first-order valence-corrected chi connectivity index (χ1v) is 11.7. The van der Waals surface area contributed by atoms with Crippen molar-refractivity contribution in [2.45, 2.75) is 61.3 Å². The van der Waals surface area contributed by atoms with Crippen molar-refractivity contribution in [1.82, 2.24) is 4.98 Å². The van der Waals surface area contributed by atoms with E-state index in [1.807, 2.05) is 0 Å². The van der Waals surface area contributed by atoms with Crippen LogP contribution in [0.15, 0.2) is 35.4 Å². The number of carbonyl (C=O) groups excluding carboxylic acids is 1. The molecule has 0 spiro atoms. The lowest BCUT2D eigenvalue weighted by molar-refractivity contribution is -0.142. The van der Waals surface area contributed by atoms with Gasteiger partial charge in [-0.1, -0.05) is 20.8 Å². The normalized spacial score (nSPS) is 15.8. The SMILES string of the molecule is CC(C)(C)c1cnc(C(N)=O)s1.O=C(O)C1(S(=O)(=O)c2ccc(C(F)(F)F)cc2)CCC1. The van der Waals surface area contributed by atoms with E-state index in [-0.39, 0.29) is 18.3 Å². The largest absolute Gasteiger partial charge is 0.480 e. The van der Waals surface area contributed by atoms with Crippen LogP contribution in [0.2, 0.25) is 0 Å². The van der Waals surface area contributed by atoms with Crippen molar-refractivity contribution in [2.24, 2.45) is 5.73 Å². The van der Waals surface area contributed by atoms with Crippen LogP contribution in [0, 0.1) is 0 Å². The number of nitrogens with two attached hydrogens (primary N) is 1. The van der Waals surface area contributed by atoms with Crippen LogP contribution in [-0.4, -0.2) is 35.1 Å². The van der Waals surface area contributed by atoms with Gasteiger partial charge in [-0.2, -0.15) is 13.2 Å². The van der Waals surface area contributed by atoms with Gasteiger partial charge in [0.2, 0.25) is 0 Å². The van der Waals surface area contributed by atoms with Gasteiger partial charge < -0.3 is 10.8 Å². The molecule has 12 heteroatoms. The van der Waals surface area contributed by atoms with E-state index in [1.54, 1.807) is 6.20 Å². The maximum atomic E-state index is 12.4. The summed E-state index contributed by atoms with van der Waals surface area (Å²) in [6, 6.07) is 2.89. The standard InChI is InChI=1S/C12H11F3O4S.C8H12N2OS/c13-12(14,15)8-2-4-9(5-3-8)20(18,19)11(10(16)17)6-1-7-11;1-8(2,3)5-4-10-7(12-5)6(9)11/h2-5H,1,6-7H2,(H,16,17);4H,1-3H3,(H2,9,11). The molecule has 1 heterocycles. The van der Waals surface area contributed by atoms with Crippen LogP contribution < -0.4 is 5.73 Å². The van der Waals surface area contributed by atoms with Gasteiger partial charge in [-0.15, -0.1) is 11.3 Å². The average molecular weight is 493 g/mol. The highest BCUT2D eigenvalue weighted by atomic mass is 32.2. The number of alkyl halides is 3. The van der Waals surface area contributed by atoms with Gasteiger partial charge in [-0.3, -0.25) is 9.59 Å². The molecule has 1 aliphatic carbocycles. The molecular formula is C20H23F3N2O5S2. The van der Waals surface area contributed by atoms with E-state index in [2.05, 4.69) is 25.8 Å². The summed E-state index contributed by atoms with van der Waals surface area (Å²) in [5.74, 6) is -1.90. The monoisotopic (exact) mass is 492 g/mol. The first-order chi connectivity index (χ1) is 14.5. The number of carbonyl (C=O) groups is 2. The summed E-state index contributed by atoms with van der Waals surface area (Å²) < 4.78 is 59.9. The third-order valence-electron chi connectivity index (χ3n) is 5.01. The smallest absolute Gasteiger partial charge is 0.416 e. The number of aliphatic carboxylic acids is 1. The molecule has 1 aromatic heterocycles. The van der Waals surface area contributed by atoms with Gasteiger partial charge in [0, 0.05) is 11.1 Å². The van der Waals surface area contributed by atoms with Crippen LogP contribution in [0.3, 0.4) is 0 Å². The summed E-state index contributed by atoms with van der Waals surface area (Å²) in [5, 5.41) is 9.49. The van der Waals surface area contributed by atoms with Crippen molar-refractivity contribution < 1.29 is 36.3 Å². The molecule has 7 nitrogen and oxygen atoms in total. The van der Waals surface area contributed by atoms with Gasteiger partial charge >= 0.3 is 12.1 Å². The average Bonchev–Trinajstić information content (AvgIpc) is 3.11. The molecular weight excluding hydrogens is 469 g/mol. The fraction of sp³-hybridized carbons (Fsp3) is 0.450. The molecule has 0 aliphatic heterocycles. The Labute approximate surface area is 187 Å². The number of primary amides is 1. The number of nitrogens with zero attached hydrogens (tertiary/aromatic N) is 1. The number of rotatable bonds is 4. The number of hydrogen-bond donors (Lipinski definition) is 2. The van der Waals surface area contributed by atoms with E-state index < -0.39 is 43.1 Å². The lowest BCUT2D eigenvalue weighted by atomic mass is 9.84. The zero-order valence-corrected chi connectivity index (χ0v) is 19.2. The second kappa shape index (κ2) is 8.81. The minimum absolute atomic E-state index is 0.0221. The summed E-state index contributed by atoms with van der Waals surface area (Å²) in [4.78, 5) is 26.5. The van der Waals surface area contributed by atoms with E-state index in [9.17, 15) is 31.2 Å². The third kappa shape index (κ3) is 5.12. The van der Waals surface area contributed by atoms with Gasteiger partial charge in [0.1, 0.15) is 0 Å². The Morgan fingerprint density at radius 3 is 1.94 bits per heavy atom. The third-order valence-corrected chi connectivity index (χ3v) is 8.96. The second-order valence-electron chi connectivity index (χ2n) is 8.32. The number of amides is 1. The van der Waals surface area contributed by atoms with E-state index in [0.717, 1.165) is 17.0 Å². The van der Waals surface area contributed by atoms with E-state index in [4.69, 9.17) is 10.8 Å². The van der Waals surface area contributed by atoms with Gasteiger partial charge in [0.05, 0.1) is 10.5 Å². The molecule has 0 atom stereocenters. The zero-order chi connectivity index (χ0) is 24.5. The minimum atomic E-state index is -4.57. The van der Waals surface area contributed by atoms with Gasteiger partial charge in [-0.05, 0) is 48.9 Å². The van der Waals surface area contributed by atoms with E-state index in [1.165, 1.54) is 11.3 Å². The number of carboxylic acid groups (broad SMARTS) is 1. The summed E-state index contributed by atoms with van der Waals surface area (Å²) >= 11 is 1.36. The molecule has 0 saturated heterocycles. The second-order valence-corrected chi connectivity index (χ2v) is 11.6. The van der Waals surface area contributed by atoms with Crippen molar-refractivity contribution in [3.63, 3.8) is 0 Å². The first-order valence-electron chi connectivity index (χ1n) is 9.44. The number of thiazole rings is 1. The zero-order valence-electron chi connectivity index (χ0n) is 17.6. The molecule has 3 rings (SSSR count). The van der Waals surface area contributed by atoms with Crippen LogP contribution in [0.25, 0.3) is 0 Å². The molecule has 1 saturated carbocycles. The highest BCUT2D eigenvalue weighted by Gasteiger charge is 2.56. The predicted octanol–water partition coefficient (Wildman–Crippen LogP) is 4.03. The number of hydrogen-bond acceptors (Lipinski definition) is 6. The fourth-order valence-corrected chi connectivity index (χ4v) is 5.71. The van der Waals surface area contributed by atoms with Crippen molar-refractivity contribution in [2.75, 3.05) is 0 Å². The maximum absolute atomic E-state index is 12.4. The number of aromatic nitrogens is 1. The Kier molecular flexibility index (Phi) is 7.10. The van der Waals surface area contributed by atoms with Crippen molar-refractivity contribution in [1.29, 1.82) is 0 Å². The first kappa shape index (κ1) is 25.8. The highest BCUT2D eigenvalue weighted by Crippen LogP contribution is 2.43. The van der Waals surface area contributed by atoms with Gasteiger partial charge in [0.15, 0.2) is 19.6 Å². The lowest BCUT2D eigenvalue weighted by Gasteiger charge is -2.36. The highest BCUT2D eigenvalue weighted by molar-refractivity contribution is 7.93. The van der Waals surface area contributed by atoms with Gasteiger partial charge in [0.25, 0.3) is 5.91 Å². The fourth-order valence-electron chi connectivity index (χ4n) is 2.88. The molecule has 1 amide bonds. The topological polar surface area (TPSA) is 127 Å². The summed E-state index contributed by atoms with van der Waals surface area (Å²) in [6.45, 7) is 6.22. The molecule has 0 unspecified atom stereocenters. The van der Waals surface area contributed by atoms with Crippen LogP contribution in [0.5, 0.6) is 0 Å². The van der Waals surface area contributed by atoms with Crippen molar-refractivity contribution in [3.8, 4) is 0 Å². The number of halogens is 3. The Morgan fingerprint density at radius 1 is 1.12 bits per heavy atom. The molecule has 1 aliphatic rings. The molecule has 0 bridgehead atoms. The van der Waals surface area contributed by atoms with Crippen LogP contribution >= 0.6 is 11.3 Å². The Bertz CT molecular complexity index is 1100. The molecule has 2 aromatic rings. The van der Waals surface area contributed by atoms with Crippen molar-refractivity contribution >= 4 is 33.1 Å². The molecule has 1 fully saturated rings.